The first-order valence-corrected chi connectivity index (χ1v) is 30.9. The second kappa shape index (κ2) is 18.2. The molecule has 1 saturated carbocycles. The molecule has 9 aromatic rings. The molecule has 0 radical (unpaired) electrons. The summed E-state index contributed by atoms with van der Waals surface area (Å²) in [5.74, 6) is 0. The number of fused-ring (bicyclic) bond motifs is 3. The molecule has 14 rings (SSSR count). The highest BCUT2D eigenvalue weighted by Crippen LogP contribution is 2.63. The molecule has 83 heavy (non-hydrogen) atoms. The number of hydrogen-bond donors (Lipinski definition) is 0. The van der Waals surface area contributed by atoms with Crippen LogP contribution in [0.2, 0.25) is 0 Å². The summed E-state index contributed by atoms with van der Waals surface area (Å²) >= 11 is 0. The first kappa shape index (κ1) is 53.5. The third kappa shape index (κ3) is 7.83. The summed E-state index contributed by atoms with van der Waals surface area (Å²) in [6.45, 7) is 33.7. The van der Waals surface area contributed by atoms with Gasteiger partial charge in [-0.25, -0.2) is 0 Å². The van der Waals surface area contributed by atoms with Gasteiger partial charge < -0.3 is 14.7 Å². The average molecular weight is 1080 g/mol. The summed E-state index contributed by atoms with van der Waals surface area (Å²) in [5.41, 5.74) is 27.5. The Kier molecular flexibility index (Phi) is 11.7. The van der Waals surface area contributed by atoms with E-state index in [0.29, 0.717) is 0 Å². The summed E-state index contributed by atoms with van der Waals surface area (Å²) < 4.78 is 0. The van der Waals surface area contributed by atoms with Gasteiger partial charge in [0.2, 0.25) is 0 Å². The van der Waals surface area contributed by atoms with Crippen molar-refractivity contribution < 1.29 is 0 Å². The van der Waals surface area contributed by atoms with Crippen molar-refractivity contribution in [2.45, 2.75) is 161 Å². The largest absolute Gasteiger partial charge is 0.334 e. The van der Waals surface area contributed by atoms with Crippen LogP contribution in [0.5, 0.6) is 0 Å². The van der Waals surface area contributed by atoms with E-state index in [1.165, 1.54) is 136 Å². The standard InChI is InChI=1S/C79H82BN3/c1-73(2,3)53-36-38-59(39-37-53)81-67-48-58(76(10,11)12)47-64-71(67)80-70-62(79(64,54-29-20-16-21-30-54)55-31-22-17-23-32-55)33-26-34-66(70)82(60-45-56(74(4,5)6)44-57(46-60)75(7,8)9)69-50-61(49-68(81)72(69)80)83-65-40-35-52(51-27-18-15-19-28-51)43-63(65)77(13)41-24-25-42-78(77,83)14/h15-23,26-40,43-50H,24-25,41-42H2,1-14H3. The minimum absolute atomic E-state index is 0.0133. The van der Waals surface area contributed by atoms with E-state index in [9.17, 15) is 0 Å². The van der Waals surface area contributed by atoms with E-state index in [1.54, 1.807) is 0 Å². The molecule has 9 aromatic carbocycles. The van der Waals surface area contributed by atoms with Gasteiger partial charge in [-0.2, -0.15) is 0 Å². The van der Waals surface area contributed by atoms with Crippen LogP contribution >= 0.6 is 0 Å². The molecule has 0 spiro atoms. The Morgan fingerprint density at radius 3 is 1.45 bits per heavy atom. The molecule has 3 nitrogen and oxygen atoms in total. The number of nitrogens with zero attached hydrogens (tertiary/aromatic N) is 3. The summed E-state index contributed by atoms with van der Waals surface area (Å²) in [5, 5.41) is 0. The fourth-order valence-corrected chi connectivity index (χ4v) is 15.9. The second-order valence-electron chi connectivity index (χ2n) is 29.7. The van der Waals surface area contributed by atoms with Crippen LogP contribution in [0.3, 0.4) is 0 Å². The summed E-state index contributed by atoms with van der Waals surface area (Å²) in [6.07, 6.45) is 4.67. The van der Waals surface area contributed by atoms with Crippen LogP contribution in [-0.2, 0) is 32.5 Å². The minimum Gasteiger partial charge on any atom is -0.334 e. The Balaban J connectivity index is 1.17. The Hall–Kier alpha value is -7.56. The quantitative estimate of drug-likeness (QED) is 0.154. The lowest BCUT2D eigenvalue weighted by atomic mass is 9.28. The fourth-order valence-electron chi connectivity index (χ4n) is 15.9. The first-order chi connectivity index (χ1) is 39.4. The maximum absolute atomic E-state index is 2.84. The molecule has 5 aliphatic rings. The van der Waals surface area contributed by atoms with E-state index in [2.05, 4.69) is 306 Å². The van der Waals surface area contributed by atoms with Gasteiger partial charge in [0, 0.05) is 50.9 Å². The van der Waals surface area contributed by atoms with Crippen LogP contribution in [0, 0.1) is 0 Å². The van der Waals surface area contributed by atoms with Crippen LogP contribution in [0.4, 0.5) is 45.5 Å². The monoisotopic (exact) mass is 1080 g/mol. The predicted molar refractivity (Wildman–Crippen MR) is 355 cm³/mol. The lowest BCUT2D eigenvalue weighted by molar-refractivity contribution is 0.195. The highest BCUT2D eigenvalue weighted by molar-refractivity contribution is 7.01. The van der Waals surface area contributed by atoms with Crippen molar-refractivity contribution >= 4 is 68.6 Å². The van der Waals surface area contributed by atoms with Gasteiger partial charge in [-0.1, -0.05) is 236 Å². The van der Waals surface area contributed by atoms with Crippen molar-refractivity contribution in [3.8, 4) is 11.1 Å². The lowest BCUT2D eigenvalue weighted by Gasteiger charge is -2.53. The molecule has 0 saturated heterocycles. The topological polar surface area (TPSA) is 9.72 Å². The van der Waals surface area contributed by atoms with E-state index in [1.807, 2.05) is 0 Å². The van der Waals surface area contributed by atoms with Crippen LogP contribution in [0.15, 0.2) is 194 Å². The van der Waals surface area contributed by atoms with E-state index >= 15 is 0 Å². The molecular formula is C79H82BN3. The molecule has 2 unspecified atom stereocenters. The number of hydrogen-bond acceptors (Lipinski definition) is 3. The van der Waals surface area contributed by atoms with Crippen LogP contribution in [-0.4, -0.2) is 12.3 Å². The summed E-state index contributed by atoms with van der Waals surface area (Å²) in [7, 11) is 0. The maximum atomic E-state index is 2.84. The predicted octanol–water partition coefficient (Wildman–Crippen LogP) is 19.1. The molecule has 4 heterocycles. The highest BCUT2D eigenvalue weighted by atomic mass is 15.3. The molecular weight excluding hydrogens is 1000 g/mol. The van der Waals surface area contributed by atoms with Crippen LogP contribution in [0.1, 0.15) is 173 Å². The number of rotatable bonds is 6. The first-order valence-electron chi connectivity index (χ1n) is 30.9. The van der Waals surface area contributed by atoms with E-state index in [-0.39, 0.29) is 39.3 Å². The van der Waals surface area contributed by atoms with Crippen molar-refractivity contribution in [3.63, 3.8) is 0 Å². The maximum Gasteiger partial charge on any atom is 0.253 e. The van der Waals surface area contributed by atoms with Gasteiger partial charge in [0.15, 0.2) is 0 Å². The van der Waals surface area contributed by atoms with Gasteiger partial charge in [-0.3, -0.25) is 0 Å². The molecule has 1 fully saturated rings. The van der Waals surface area contributed by atoms with Crippen LogP contribution < -0.4 is 31.1 Å². The van der Waals surface area contributed by atoms with Gasteiger partial charge in [-0.05, 0) is 180 Å². The summed E-state index contributed by atoms with van der Waals surface area (Å²) in [6, 6.07) is 76.6. The zero-order valence-corrected chi connectivity index (χ0v) is 51.7. The van der Waals surface area contributed by atoms with Crippen molar-refractivity contribution in [2.24, 2.45) is 0 Å². The molecule has 0 bridgehead atoms. The van der Waals surface area contributed by atoms with Gasteiger partial charge in [0.25, 0.3) is 6.71 Å². The van der Waals surface area contributed by atoms with E-state index in [0.717, 1.165) is 12.8 Å². The van der Waals surface area contributed by atoms with E-state index in [4.69, 9.17) is 0 Å². The van der Waals surface area contributed by atoms with Crippen LogP contribution in [0.25, 0.3) is 11.1 Å². The molecule has 0 aromatic heterocycles. The fraction of sp³-hybridized carbons (Fsp3) is 0.316. The van der Waals surface area contributed by atoms with Gasteiger partial charge in [0.05, 0.1) is 11.0 Å². The highest BCUT2D eigenvalue weighted by Gasteiger charge is 2.60. The molecule has 1 aliphatic carbocycles. The molecule has 0 N–H and O–H groups in total. The Morgan fingerprint density at radius 2 is 0.867 bits per heavy atom. The normalized spacial score (nSPS) is 19.3. The third-order valence-electron chi connectivity index (χ3n) is 20.6. The summed E-state index contributed by atoms with van der Waals surface area (Å²) in [4.78, 5) is 8.30. The SMILES string of the molecule is CC(C)(C)c1ccc(N2c3cc(N4c5ccc(-c6ccccc6)cc5C5(C)CCCCC45C)cc4c3B3c5c(cccc5C(c5ccccc5)(c5ccccc5)c5cc(C(C)(C)C)cc2c53)N4c2cc(C(C)(C)C)cc(C(C)(C)C)c2)cc1. The molecule has 0 amide bonds. The number of benzene rings is 9. The van der Waals surface area contributed by atoms with E-state index < -0.39 is 5.41 Å². The third-order valence-corrected chi connectivity index (χ3v) is 20.6. The Labute approximate surface area is 496 Å². The number of anilines is 8. The Bertz CT molecular complexity index is 3980. The molecule has 416 valence electrons. The van der Waals surface area contributed by atoms with Crippen molar-refractivity contribution in [2.75, 3.05) is 14.7 Å². The van der Waals surface area contributed by atoms with Gasteiger partial charge in [-0.15, -0.1) is 0 Å². The zero-order valence-electron chi connectivity index (χ0n) is 51.7. The molecule has 4 heteroatoms. The minimum atomic E-state index is -0.667. The lowest BCUT2D eigenvalue weighted by Crippen LogP contribution is -2.68. The van der Waals surface area contributed by atoms with Crippen molar-refractivity contribution in [3.05, 3.63) is 244 Å². The van der Waals surface area contributed by atoms with Crippen molar-refractivity contribution in [1.29, 1.82) is 0 Å². The average Bonchev–Trinajstić information content (AvgIpc) is 1.94. The second-order valence-corrected chi connectivity index (χ2v) is 29.7. The van der Waals surface area contributed by atoms with Gasteiger partial charge >= 0.3 is 0 Å². The van der Waals surface area contributed by atoms with Crippen molar-refractivity contribution in [1.82, 2.24) is 0 Å². The molecule has 4 aliphatic heterocycles. The zero-order chi connectivity index (χ0) is 58.0. The smallest absolute Gasteiger partial charge is 0.253 e. The molecule has 2 atom stereocenters. The Morgan fingerprint density at radius 1 is 0.349 bits per heavy atom. The van der Waals surface area contributed by atoms with Gasteiger partial charge in [0.1, 0.15) is 0 Å².